The van der Waals surface area contributed by atoms with E-state index in [2.05, 4.69) is 32.3 Å². The van der Waals surface area contributed by atoms with E-state index in [1.165, 1.54) is 13.8 Å². The lowest BCUT2D eigenvalue weighted by molar-refractivity contribution is -0.143. The van der Waals surface area contributed by atoms with Crippen molar-refractivity contribution in [3.8, 4) is 23.0 Å². The smallest absolute Gasteiger partial charge is 0.435 e. The predicted molar refractivity (Wildman–Crippen MR) is 242 cm³/mol. The molecule has 15 nitrogen and oxygen atoms in total. The van der Waals surface area contributed by atoms with Gasteiger partial charge in [-0.3, -0.25) is 14.2 Å². The fourth-order valence-corrected chi connectivity index (χ4v) is 9.63. The summed E-state index contributed by atoms with van der Waals surface area (Å²) in [4.78, 5) is 32.2. The average molecular weight is 1100 g/mol. The first-order chi connectivity index (χ1) is 33.7. The minimum Gasteiger partial charge on any atom is -0.448 e. The number of pyridine rings is 1. The number of amides is 2. The number of nitrogens with zero attached hydrogens (tertiary/aromatic N) is 6. The van der Waals surface area contributed by atoms with Crippen LogP contribution in [-0.2, 0) is 61.0 Å². The number of hydrogen-bond acceptors (Lipinski definition) is 11. The summed E-state index contributed by atoms with van der Waals surface area (Å²) in [5.41, 5.74) is -5.92. The highest BCUT2D eigenvalue weighted by Crippen LogP contribution is 2.68. The van der Waals surface area contributed by atoms with Crippen molar-refractivity contribution >= 4 is 60.2 Å². The summed E-state index contributed by atoms with van der Waals surface area (Å²) in [6.45, 7) is -1.43. The maximum absolute atomic E-state index is 15.6. The molecule has 0 bridgehead atoms. The van der Waals surface area contributed by atoms with E-state index in [-0.39, 0.29) is 55.5 Å². The summed E-state index contributed by atoms with van der Waals surface area (Å²) in [6, 6.07) is 4.75. The zero-order valence-electron chi connectivity index (χ0n) is 38.6. The van der Waals surface area contributed by atoms with Crippen LogP contribution in [0.3, 0.4) is 0 Å². The summed E-state index contributed by atoms with van der Waals surface area (Å²) >= 11 is 6.62. The van der Waals surface area contributed by atoms with Crippen molar-refractivity contribution in [1.82, 2.24) is 29.9 Å². The summed E-state index contributed by atoms with van der Waals surface area (Å²) in [6.07, 6.45) is -10.8. The molecular weight excluding hydrogens is 1060 g/mol. The standard InChI is InChI=1S/C45H42ClF10N7O8S2/c1-42(2,72(3,67)68)13-12-26-8-9-27(28-10-11-31(46)35-37(28)62(22-43(49,50)51)60-40(35)63(73(4,69)70)41(66)71-15-7-5-6-14-64)36(57-26)32(18-23-16-24(47)19-25(48)17-23)58-33(65)21-61-39-34(38(59-61)45(54,55)56)29-20-30(29)44(39,52)53/h8-11,16-17,19,29-30,32,64H,5-7,14-15,18,20-22H2,1-4H3,(H,58,65)/t29-,30?,32-/m0/s1. The molecule has 2 N–H and O–H groups in total. The first kappa shape index (κ1) is 54.8. The lowest BCUT2D eigenvalue weighted by atomic mass is 9.93. The number of alkyl halides is 8. The maximum Gasteiger partial charge on any atom is 0.435 e. The molecule has 2 aliphatic rings. The summed E-state index contributed by atoms with van der Waals surface area (Å²) in [7, 11) is -8.74. The van der Waals surface area contributed by atoms with Gasteiger partial charge in [-0.15, -0.1) is 0 Å². The summed E-state index contributed by atoms with van der Waals surface area (Å²) in [5, 5.41) is 17.7. The van der Waals surface area contributed by atoms with E-state index in [9.17, 15) is 61.5 Å². The van der Waals surface area contributed by atoms with Crippen LogP contribution in [-0.4, -0.2) is 95.1 Å². The van der Waals surface area contributed by atoms with Gasteiger partial charge in [0.25, 0.3) is 5.92 Å². The summed E-state index contributed by atoms with van der Waals surface area (Å²) in [5.74, 6) is -6.05. The molecule has 1 fully saturated rings. The Kier molecular flexibility index (Phi) is 14.8. The first-order valence-electron chi connectivity index (χ1n) is 21.8. The largest absolute Gasteiger partial charge is 0.448 e. The highest BCUT2D eigenvalue weighted by molar-refractivity contribution is 7.93. The molecule has 0 spiro atoms. The number of ether oxygens (including phenoxy) is 1. The van der Waals surface area contributed by atoms with Gasteiger partial charge in [-0.2, -0.15) is 49.6 Å². The Hall–Kier alpha value is -5.98. The number of unbranched alkanes of at least 4 members (excludes halogenated alkanes) is 2. The van der Waals surface area contributed by atoms with Gasteiger partial charge in [0.05, 0.1) is 40.5 Å². The zero-order chi connectivity index (χ0) is 54.0. The van der Waals surface area contributed by atoms with Crippen LogP contribution < -0.4 is 9.62 Å². The fourth-order valence-electron chi connectivity index (χ4n) is 8.39. The molecule has 0 aliphatic heterocycles. The van der Waals surface area contributed by atoms with E-state index in [1.54, 1.807) is 0 Å². The third-order valence-electron chi connectivity index (χ3n) is 12.0. The average Bonchev–Trinajstić information content (AvgIpc) is 3.77. The Labute approximate surface area is 414 Å². The second kappa shape index (κ2) is 19.7. The molecule has 3 heterocycles. The Morgan fingerprint density at radius 2 is 1.62 bits per heavy atom. The topological polar surface area (TPSA) is 196 Å². The second-order valence-electron chi connectivity index (χ2n) is 17.9. The van der Waals surface area contributed by atoms with Crippen LogP contribution in [0, 0.1) is 29.4 Å². The normalized spacial score (nSPS) is 16.9. The minimum absolute atomic E-state index is 0.0317. The number of aliphatic hydroxyl groups excluding tert-OH is 1. The van der Waals surface area contributed by atoms with Crippen molar-refractivity contribution in [1.29, 1.82) is 0 Å². The van der Waals surface area contributed by atoms with Gasteiger partial charge in [0.1, 0.15) is 40.9 Å². The Bertz CT molecular complexity index is 3300. The number of carbonyl (C=O) groups is 2. The lowest BCUT2D eigenvalue weighted by Gasteiger charge is -2.23. The van der Waals surface area contributed by atoms with Crippen LogP contribution >= 0.6 is 11.6 Å². The Balaban J connectivity index is 1.46. The number of anilines is 1. The number of sulfone groups is 1. The molecule has 3 aromatic heterocycles. The van der Waals surface area contributed by atoms with Crippen molar-refractivity contribution in [2.45, 2.75) is 94.0 Å². The molecule has 0 saturated heterocycles. The van der Waals surface area contributed by atoms with Crippen LogP contribution in [0.15, 0.2) is 42.5 Å². The third kappa shape index (κ3) is 11.6. The number of benzene rings is 2. The molecule has 73 heavy (non-hydrogen) atoms. The molecule has 1 unspecified atom stereocenters. The van der Waals surface area contributed by atoms with Crippen LogP contribution in [0.2, 0.25) is 5.02 Å². The summed E-state index contributed by atoms with van der Waals surface area (Å²) < 4.78 is 203. The highest BCUT2D eigenvalue weighted by Gasteiger charge is 2.68. The quantitative estimate of drug-likeness (QED) is 0.0548. The van der Waals surface area contributed by atoms with Gasteiger partial charge in [0.2, 0.25) is 15.9 Å². The van der Waals surface area contributed by atoms with E-state index >= 15 is 8.78 Å². The molecule has 5 aromatic rings. The lowest BCUT2D eigenvalue weighted by Crippen LogP contribution is -2.37. The van der Waals surface area contributed by atoms with Gasteiger partial charge in [0.15, 0.2) is 21.3 Å². The number of sulfonamides is 1. The monoisotopic (exact) mass is 1100 g/mol. The van der Waals surface area contributed by atoms with E-state index in [1.807, 2.05) is 0 Å². The van der Waals surface area contributed by atoms with Crippen LogP contribution in [0.4, 0.5) is 54.5 Å². The number of aromatic nitrogens is 5. The molecule has 2 amide bonds. The molecule has 28 heteroatoms. The van der Waals surface area contributed by atoms with Gasteiger partial charge < -0.3 is 15.2 Å². The van der Waals surface area contributed by atoms with Crippen LogP contribution in [0.1, 0.15) is 85.4 Å². The van der Waals surface area contributed by atoms with E-state index in [0.717, 1.165) is 42.7 Å². The number of rotatable bonds is 16. The van der Waals surface area contributed by atoms with Gasteiger partial charge in [0, 0.05) is 41.5 Å². The van der Waals surface area contributed by atoms with Crippen molar-refractivity contribution in [2.75, 3.05) is 30.0 Å². The number of fused-ring (bicyclic) bond motifs is 4. The molecule has 0 radical (unpaired) electrons. The van der Waals surface area contributed by atoms with Gasteiger partial charge >= 0.3 is 18.4 Å². The first-order valence-corrected chi connectivity index (χ1v) is 25.9. The molecule has 1 saturated carbocycles. The van der Waals surface area contributed by atoms with Gasteiger partial charge in [-0.05, 0) is 93.7 Å². The molecular formula is C45H42ClF10N7O8S2. The zero-order valence-corrected chi connectivity index (χ0v) is 41.0. The van der Waals surface area contributed by atoms with Crippen LogP contribution in [0.25, 0.3) is 22.0 Å². The van der Waals surface area contributed by atoms with Crippen molar-refractivity contribution in [2.24, 2.45) is 5.92 Å². The number of carbonyl (C=O) groups excluding carboxylic acids is 2. The van der Waals surface area contributed by atoms with Crippen molar-refractivity contribution in [3.63, 3.8) is 0 Å². The van der Waals surface area contributed by atoms with E-state index in [0.29, 0.717) is 25.2 Å². The van der Waals surface area contributed by atoms with Crippen molar-refractivity contribution < 1.29 is 80.2 Å². The molecule has 2 aliphatic carbocycles. The van der Waals surface area contributed by atoms with E-state index in [4.69, 9.17) is 21.4 Å². The number of hydrogen-bond donors (Lipinski definition) is 2. The fraction of sp³-hybridized carbons (Fsp3) is 0.444. The minimum atomic E-state index is -5.23. The molecule has 7 rings (SSSR count). The van der Waals surface area contributed by atoms with Gasteiger partial charge in [-0.25, -0.2) is 35.4 Å². The van der Waals surface area contributed by atoms with Crippen LogP contribution in [0.5, 0.6) is 0 Å². The SMILES string of the molecule is CC(C)(C#Cc1ccc(-c2ccc(Cl)c3c(N(C(=O)OCCCCCO)S(C)(=O)=O)nn(CC(F)(F)F)c23)c([C@H](Cc2cc(F)cc(F)c2)NC(=O)Cn2nc(C(F)(F)F)c3c2C(F)(F)C2C[C@H]32)n1)S(C)(=O)=O. The Morgan fingerprint density at radius 3 is 2.22 bits per heavy atom. The number of aliphatic hydroxyl groups is 1. The highest BCUT2D eigenvalue weighted by atomic mass is 35.5. The molecule has 394 valence electrons. The van der Waals surface area contributed by atoms with Crippen molar-refractivity contribution in [3.05, 3.63) is 93.0 Å². The molecule has 3 atom stereocenters. The number of nitrogens with one attached hydrogen (secondary N) is 1. The Morgan fingerprint density at radius 1 is 0.959 bits per heavy atom. The molecule has 2 aromatic carbocycles. The second-order valence-corrected chi connectivity index (χ2v) is 22.7. The predicted octanol–water partition coefficient (Wildman–Crippen LogP) is 8.36. The number of halogens is 11. The van der Waals surface area contributed by atoms with E-state index < -0.39 is 155 Å². The van der Waals surface area contributed by atoms with Gasteiger partial charge in [-0.1, -0.05) is 23.6 Å². The third-order valence-corrected chi connectivity index (χ3v) is 15.3. The maximum atomic E-state index is 15.6.